The van der Waals surface area contributed by atoms with E-state index in [0.717, 1.165) is 24.8 Å². The lowest BCUT2D eigenvalue weighted by molar-refractivity contribution is 0.0951. The van der Waals surface area contributed by atoms with Crippen LogP contribution in [0.5, 0.6) is 0 Å². The quantitative estimate of drug-likeness (QED) is 0.855. The second-order valence-electron chi connectivity index (χ2n) is 7.15. The van der Waals surface area contributed by atoms with Gasteiger partial charge >= 0.3 is 0 Å². The number of benzene rings is 2. The van der Waals surface area contributed by atoms with E-state index in [1.165, 1.54) is 17.7 Å². The first kappa shape index (κ1) is 19.6. The van der Waals surface area contributed by atoms with Crippen molar-refractivity contribution in [1.82, 2.24) is 9.62 Å². The Morgan fingerprint density at radius 1 is 1.07 bits per heavy atom. The average molecular weight is 387 g/mol. The molecule has 0 radical (unpaired) electrons. The van der Waals surface area contributed by atoms with E-state index in [0.29, 0.717) is 18.7 Å². The van der Waals surface area contributed by atoms with Crippen molar-refractivity contribution in [3.8, 4) is 0 Å². The summed E-state index contributed by atoms with van der Waals surface area (Å²) in [4.78, 5) is 12.6. The summed E-state index contributed by atoms with van der Waals surface area (Å²) >= 11 is 0. The number of nitrogens with zero attached hydrogens (tertiary/aromatic N) is 1. The van der Waals surface area contributed by atoms with Gasteiger partial charge in [-0.15, -0.1) is 0 Å². The number of aryl methyl sites for hydroxylation is 1. The molecule has 1 N–H and O–H groups in total. The molecule has 2 aromatic rings. The minimum atomic E-state index is -3.51. The number of nitrogens with one attached hydrogen (secondary N) is 1. The molecule has 1 atom stereocenters. The highest BCUT2D eigenvalue weighted by molar-refractivity contribution is 7.89. The first-order valence-corrected chi connectivity index (χ1v) is 10.8. The predicted octanol–water partition coefficient (Wildman–Crippen LogP) is 3.49. The Labute approximate surface area is 161 Å². The molecule has 1 aliphatic rings. The van der Waals surface area contributed by atoms with Gasteiger partial charge in [0, 0.05) is 24.7 Å². The Morgan fingerprint density at radius 3 is 2.37 bits per heavy atom. The fraction of sp³-hybridized carbons (Fsp3) is 0.381. The molecule has 1 fully saturated rings. The number of hydrogen-bond acceptors (Lipinski definition) is 3. The van der Waals surface area contributed by atoms with Gasteiger partial charge in [0.05, 0.1) is 4.90 Å². The third kappa shape index (κ3) is 4.57. The zero-order valence-electron chi connectivity index (χ0n) is 15.8. The molecule has 0 bridgehead atoms. The van der Waals surface area contributed by atoms with Crippen LogP contribution in [0.15, 0.2) is 53.4 Å². The van der Waals surface area contributed by atoms with Crippen LogP contribution in [0.4, 0.5) is 0 Å². The fourth-order valence-corrected chi connectivity index (χ4v) is 5.03. The number of amides is 1. The van der Waals surface area contributed by atoms with Gasteiger partial charge in [-0.3, -0.25) is 4.79 Å². The Morgan fingerprint density at radius 2 is 1.74 bits per heavy atom. The summed E-state index contributed by atoms with van der Waals surface area (Å²) in [6.07, 6.45) is 2.84. The van der Waals surface area contributed by atoms with Crippen molar-refractivity contribution in [3.63, 3.8) is 0 Å². The van der Waals surface area contributed by atoms with E-state index in [2.05, 4.69) is 5.32 Å². The molecule has 0 aliphatic carbocycles. The van der Waals surface area contributed by atoms with Crippen LogP contribution < -0.4 is 5.32 Å². The molecule has 3 rings (SSSR count). The Balaban J connectivity index is 1.67. The maximum absolute atomic E-state index is 12.8. The van der Waals surface area contributed by atoms with Crippen LogP contribution in [0.3, 0.4) is 0 Å². The third-order valence-corrected chi connectivity index (χ3v) is 7.07. The van der Waals surface area contributed by atoms with E-state index in [-0.39, 0.29) is 16.8 Å². The topological polar surface area (TPSA) is 66.5 Å². The van der Waals surface area contributed by atoms with Gasteiger partial charge in [-0.25, -0.2) is 8.42 Å². The molecule has 0 unspecified atom stereocenters. The van der Waals surface area contributed by atoms with Crippen LogP contribution in [-0.4, -0.2) is 31.2 Å². The highest BCUT2D eigenvalue weighted by Crippen LogP contribution is 2.25. The largest absolute Gasteiger partial charge is 0.348 e. The Bertz CT molecular complexity index is 890. The molecule has 1 aliphatic heterocycles. The Hall–Kier alpha value is -2.18. The number of piperidine rings is 1. The van der Waals surface area contributed by atoms with Gasteiger partial charge in [0.15, 0.2) is 0 Å². The van der Waals surface area contributed by atoms with Crippen molar-refractivity contribution in [1.29, 1.82) is 0 Å². The van der Waals surface area contributed by atoms with Gasteiger partial charge in [-0.05, 0) is 56.5 Å². The predicted molar refractivity (Wildman–Crippen MR) is 106 cm³/mol. The maximum atomic E-state index is 12.8. The summed E-state index contributed by atoms with van der Waals surface area (Å²) < 4.78 is 27.3. The lowest BCUT2D eigenvalue weighted by atomic mass is 10.1. The summed E-state index contributed by atoms with van der Waals surface area (Å²) in [5.74, 6) is -0.217. The van der Waals surface area contributed by atoms with Crippen LogP contribution in [-0.2, 0) is 16.6 Å². The molecular weight excluding hydrogens is 360 g/mol. The smallest absolute Gasteiger partial charge is 0.251 e. The second-order valence-corrected chi connectivity index (χ2v) is 9.04. The molecule has 27 heavy (non-hydrogen) atoms. The van der Waals surface area contributed by atoms with E-state index in [1.807, 2.05) is 38.1 Å². The highest BCUT2D eigenvalue weighted by atomic mass is 32.2. The first-order chi connectivity index (χ1) is 12.9. The normalized spacial score (nSPS) is 18.2. The van der Waals surface area contributed by atoms with Gasteiger partial charge < -0.3 is 5.32 Å². The Kier molecular flexibility index (Phi) is 5.97. The van der Waals surface area contributed by atoms with Crippen molar-refractivity contribution in [2.45, 2.75) is 50.6 Å². The van der Waals surface area contributed by atoms with Crippen LogP contribution in [0, 0.1) is 6.92 Å². The van der Waals surface area contributed by atoms with E-state index < -0.39 is 10.0 Å². The minimum absolute atomic E-state index is 0.0150. The van der Waals surface area contributed by atoms with Crippen LogP contribution >= 0.6 is 0 Å². The van der Waals surface area contributed by atoms with E-state index in [4.69, 9.17) is 0 Å². The molecule has 1 heterocycles. The molecule has 6 heteroatoms. The van der Waals surface area contributed by atoms with E-state index in [9.17, 15) is 13.2 Å². The summed E-state index contributed by atoms with van der Waals surface area (Å²) in [7, 11) is -3.51. The zero-order valence-corrected chi connectivity index (χ0v) is 16.6. The molecule has 0 aromatic heterocycles. The minimum Gasteiger partial charge on any atom is -0.348 e. The molecule has 0 saturated carbocycles. The van der Waals surface area contributed by atoms with Gasteiger partial charge in [0.2, 0.25) is 10.0 Å². The van der Waals surface area contributed by atoms with Crippen LogP contribution in [0.2, 0.25) is 0 Å². The molecule has 1 amide bonds. The number of carbonyl (C=O) groups excluding carboxylic acids is 1. The van der Waals surface area contributed by atoms with Crippen LogP contribution in [0.1, 0.15) is 47.7 Å². The number of sulfonamides is 1. The van der Waals surface area contributed by atoms with E-state index in [1.54, 1.807) is 16.4 Å². The van der Waals surface area contributed by atoms with Gasteiger partial charge in [0.25, 0.3) is 5.91 Å². The summed E-state index contributed by atoms with van der Waals surface area (Å²) in [6, 6.07) is 14.2. The lowest BCUT2D eigenvalue weighted by Gasteiger charge is -2.32. The molecule has 5 nitrogen and oxygen atoms in total. The van der Waals surface area contributed by atoms with Gasteiger partial charge in [-0.2, -0.15) is 4.31 Å². The van der Waals surface area contributed by atoms with Crippen molar-refractivity contribution >= 4 is 15.9 Å². The SMILES string of the molecule is Cc1ccc(CNC(=O)c2ccc(S(=O)(=O)N3CCCC[C@H]3C)cc2)cc1. The molecule has 2 aromatic carbocycles. The van der Waals surface area contributed by atoms with Crippen molar-refractivity contribution < 1.29 is 13.2 Å². The molecule has 1 saturated heterocycles. The second kappa shape index (κ2) is 8.23. The maximum Gasteiger partial charge on any atom is 0.251 e. The number of carbonyl (C=O) groups is 1. The third-order valence-electron chi connectivity index (χ3n) is 5.04. The molecule has 144 valence electrons. The van der Waals surface area contributed by atoms with Crippen molar-refractivity contribution in [2.24, 2.45) is 0 Å². The monoisotopic (exact) mass is 386 g/mol. The lowest BCUT2D eigenvalue weighted by Crippen LogP contribution is -2.41. The average Bonchev–Trinajstić information content (AvgIpc) is 2.67. The van der Waals surface area contributed by atoms with Crippen molar-refractivity contribution in [2.75, 3.05) is 6.54 Å². The zero-order chi connectivity index (χ0) is 19.4. The number of rotatable bonds is 5. The summed E-state index contributed by atoms with van der Waals surface area (Å²) in [6.45, 7) is 4.96. The first-order valence-electron chi connectivity index (χ1n) is 9.33. The summed E-state index contributed by atoms with van der Waals surface area (Å²) in [5, 5.41) is 2.86. The fourth-order valence-electron chi connectivity index (χ4n) is 3.33. The highest BCUT2D eigenvalue weighted by Gasteiger charge is 2.30. The van der Waals surface area contributed by atoms with Crippen LogP contribution in [0.25, 0.3) is 0 Å². The number of hydrogen-bond donors (Lipinski definition) is 1. The molecule has 0 spiro atoms. The molecular formula is C21H26N2O3S. The standard InChI is InChI=1S/C21H26N2O3S/c1-16-6-8-18(9-7-16)15-22-21(24)19-10-12-20(13-11-19)27(25,26)23-14-4-3-5-17(23)2/h6-13,17H,3-5,14-15H2,1-2H3,(H,22,24)/t17-/m1/s1. The van der Waals surface area contributed by atoms with E-state index >= 15 is 0 Å². The van der Waals surface area contributed by atoms with Gasteiger partial charge in [0.1, 0.15) is 0 Å². The van der Waals surface area contributed by atoms with Gasteiger partial charge in [-0.1, -0.05) is 36.2 Å². The van der Waals surface area contributed by atoms with Crippen molar-refractivity contribution in [3.05, 3.63) is 65.2 Å². The summed E-state index contributed by atoms with van der Waals surface area (Å²) in [5.41, 5.74) is 2.64.